The third-order valence-electron chi connectivity index (χ3n) is 4.45. The number of aliphatic hydroxyl groups is 1. The third kappa shape index (κ3) is 4.30. The highest BCUT2D eigenvalue weighted by molar-refractivity contribution is 5.92. The third-order valence-corrected chi connectivity index (χ3v) is 4.45. The molecule has 0 radical (unpaired) electrons. The summed E-state index contributed by atoms with van der Waals surface area (Å²) in [6.45, 7) is 4.74. The Labute approximate surface area is 126 Å². The molecule has 2 N–H and O–H groups in total. The van der Waals surface area contributed by atoms with Gasteiger partial charge in [-0.05, 0) is 25.8 Å². The van der Waals surface area contributed by atoms with Gasteiger partial charge in [0, 0.05) is 31.3 Å². The zero-order valence-corrected chi connectivity index (χ0v) is 13.1. The summed E-state index contributed by atoms with van der Waals surface area (Å²) >= 11 is 0. The van der Waals surface area contributed by atoms with E-state index in [1.165, 1.54) is 32.1 Å². The standard InChI is InChI=1S/C16H27N3O2/c1-12(2)19-9-8-15(18-19)16(21)17-10-14(11-20)13-6-4-3-5-7-13/h8-9,12-14,20H,3-7,10-11H2,1-2H3,(H,17,21)/t14-/m0/s1. The number of hydrogen-bond donors (Lipinski definition) is 2. The molecule has 1 amide bonds. The summed E-state index contributed by atoms with van der Waals surface area (Å²) in [5.74, 6) is 0.558. The van der Waals surface area contributed by atoms with Crippen molar-refractivity contribution in [3.63, 3.8) is 0 Å². The first-order chi connectivity index (χ1) is 10.1. The first-order valence-electron chi connectivity index (χ1n) is 8.06. The van der Waals surface area contributed by atoms with Gasteiger partial charge in [-0.2, -0.15) is 5.10 Å². The lowest BCUT2D eigenvalue weighted by molar-refractivity contribution is 0.0908. The van der Waals surface area contributed by atoms with Gasteiger partial charge >= 0.3 is 0 Å². The summed E-state index contributed by atoms with van der Waals surface area (Å²) in [5.41, 5.74) is 0.448. The molecule has 0 aliphatic heterocycles. The highest BCUT2D eigenvalue weighted by Crippen LogP contribution is 2.29. The lowest BCUT2D eigenvalue weighted by atomic mass is 9.80. The van der Waals surface area contributed by atoms with Crippen molar-refractivity contribution in [2.45, 2.75) is 52.0 Å². The summed E-state index contributed by atoms with van der Waals surface area (Å²) in [6, 6.07) is 1.99. The molecular weight excluding hydrogens is 266 g/mol. The largest absolute Gasteiger partial charge is 0.396 e. The average molecular weight is 293 g/mol. The molecule has 1 saturated carbocycles. The zero-order chi connectivity index (χ0) is 15.2. The van der Waals surface area contributed by atoms with Crippen molar-refractivity contribution in [3.05, 3.63) is 18.0 Å². The van der Waals surface area contributed by atoms with Gasteiger partial charge in [-0.25, -0.2) is 0 Å². The van der Waals surface area contributed by atoms with E-state index in [0.29, 0.717) is 18.2 Å². The van der Waals surface area contributed by atoms with Crippen molar-refractivity contribution < 1.29 is 9.90 Å². The van der Waals surface area contributed by atoms with E-state index in [9.17, 15) is 9.90 Å². The lowest BCUT2D eigenvalue weighted by Gasteiger charge is -2.29. The number of amides is 1. The molecule has 1 aromatic rings. The summed E-state index contributed by atoms with van der Waals surface area (Å²) < 4.78 is 1.78. The summed E-state index contributed by atoms with van der Waals surface area (Å²) in [6.07, 6.45) is 7.95. The molecule has 1 aliphatic carbocycles. The molecule has 1 atom stereocenters. The van der Waals surface area contributed by atoms with Crippen LogP contribution < -0.4 is 5.32 Å². The highest BCUT2D eigenvalue weighted by Gasteiger charge is 2.23. The van der Waals surface area contributed by atoms with Crippen LogP contribution in [0, 0.1) is 11.8 Å². The fraction of sp³-hybridized carbons (Fsp3) is 0.750. The smallest absolute Gasteiger partial charge is 0.271 e. The number of carbonyl (C=O) groups is 1. The van der Waals surface area contributed by atoms with E-state index in [4.69, 9.17) is 0 Å². The lowest BCUT2D eigenvalue weighted by Crippen LogP contribution is -2.35. The van der Waals surface area contributed by atoms with Crippen LogP contribution in [-0.4, -0.2) is 33.9 Å². The molecule has 118 valence electrons. The molecule has 5 heteroatoms. The van der Waals surface area contributed by atoms with E-state index in [0.717, 1.165) is 0 Å². The maximum atomic E-state index is 12.1. The highest BCUT2D eigenvalue weighted by atomic mass is 16.3. The molecular formula is C16H27N3O2. The molecule has 0 aromatic carbocycles. The molecule has 1 heterocycles. The van der Waals surface area contributed by atoms with E-state index >= 15 is 0 Å². The molecule has 0 unspecified atom stereocenters. The monoisotopic (exact) mass is 293 g/mol. The normalized spacial score (nSPS) is 17.9. The van der Waals surface area contributed by atoms with Crippen molar-refractivity contribution in [2.75, 3.05) is 13.2 Å². The topological polar surface area (TPSA) is 67.2 Å². The predicted octanol–water partition coefficient (Wildman–Crippen LogP) is 2.38. The van der Waals surface area contributed by atoms with E-state index in [1.54, 1.807) is 10.7 Å². The summed E-state index contributed by atoms with van der Waals surface area (Å²) in [4.78, 5) is 12.1. The fourth-order valence-corrected chi connectivity index (χ4v) is 3.05. The van der Waals surface area contributed by atoms with Crippen LogP contribution in [0.5, 0.6) is 0 Å². The van der Waals surface area contributed by atoms with Crippen molar-refractivity contribution in [2.24, 2.45) is 11.8 Å². The van der Waals surface area contributed by atoms with E-state index in [2.05, 4.69) is 10.4 Å². The Balaban J connectivity index is 1.86. The molecule has 0 spiro atoms. The molecule has 0 bridgehead atoms. The van der Waals surface area contributed by atoms with Crippen LogP contribution in [0.1, 0.15) is 62.5 Å². The van der Waals surface area contributed by atoms with Gasteiger partial charge in [-0.15, -0.1) is 0 Å². The Morgan fingerprint density at radius 3 is 2.71 bits per heavy atom. The van der Waals surface area contributed by atoms with Crippen molar-refractivity contribution >= 4 is 5.91 Å². The van der Waals surface area contributed by atoms with Crippen molar-refractivity contribution in [1.82, 2.24) is 15.1 Å². The van der Waals surface area contributed by atoms with Crippen LogP contribution in [0.15, 0.2) is 12.3 Å². The second-order valence-corrected chi connectivity index (χ2v) is 6.33. The number of rotatable bonds is 6. The van der Waals surface area contributed by atoms with Gasteiger partial charge in [0.25, 0.3) is 5.91 Å². The number of nitrogens with one attached hydrogen (secondary N) is 1. The average Bonchev–Trinajstić information content (AvgIpc) is 2.99. The first-order valence-corrected chi connectivity index (χ1v) is 8.06. The van der Waals surface area contributed by atoms with Crippen LogP contribution in [0.4, 0.5) is 0 Å². The minimum atomic E-state index is -0.149. The van der Waals surface area contributed by atoms with Gasteiger partial charge in [0.1, 0.15) is 5.69 Å². The SMILES string of the molecule is CC(C)n1ccc(C(=O)NC[C@@H](CO)C2CCCCC2)n1. The second-order valence-electron chi connectivity index (χ2n) is 6.33. The second kappa shape index (κ2) is 7.59. The van der Waals surface area contributed by atoms with E-state index in [1.807, 2.05) is 20.0 Å². The molecule has 1 fully saturated rings. The van der Waals surface area contributed by atoms with E-state index in [-0.39, 0.29) is 24.5 Å². The minimum absolute atomic E-state index is 0.144. The van der Waals surface area contributed by atoms with Crippen LogP contribution in [0.2, 0.25) is 0 Å². The minimum Gasteiger partial charge on any atom is -0.396 e. The fourth-order valence-electron chi connectivity index (χ4n) is 3.05. The van der Waals surface area contributed by atoms with Crippen LogP contribution in [0.25, 0.3) is 0 Å². The van der Waals surface area contributed by atoms with Crippen LogP contribution >= 0.6 is 0 Å². The Hall–Kier alpha value is -1.36. The van der Waals surface area contributed by atoms with Crippen molar-refractivity contribution in [3.8, 4) is 0 Å². The Kier molecular flexibility index (Phi) is 5.79. The van der Waals surface area contributed by atoms with Gasteiger partial charge in [-0.1, -0.05) is 32.1 Å². The number of aliphatic hydroxyl groups excluding tert-OH is 1. The molecule has 1 aliphatic rings. The summed E-state index contributed by atoms with van der Waals surface area (Å²) in [7, 11) is 0. The molecule has 0 saturated heterocycles. The quantitative estimate of drug-likeness (QED) is 0.846. The van der Waals surface area contributed by atoms with Gasteiger partial charge in [0.15, 0.2) is 0 Å². The number of hydrogen-bond acceptors (Lipinski definition) is 3. The van der Waals surface area contributed by atoms with Gasteiger partial charge in [-0.3, -0.25) is 9.48 Å². The number of aromatic nitrogens is 2. The van der Waals surface area contributed by atoms with Crippen molar-refractivity contribution in [1.29, 1.82) is 0 Å². The molecule has 5 nitrogen and oxygen atoms in total. The maximum absolute atomic E-state index is 12.1. The first kappa shape index (κ1) is 16.0. The van der Waals surface area contributed by atoms with Gasteiger partial charge < -0.3 is 10.4 Å². The predicted molar refractivity (Wildman–Crippen MR) is 82.1 cm³/mol. The van der Waals surface area contributed by atoms with E-state index < -0.39 is 0 Å². The Morgan fingerprint density at radius 1 is 1.43 bits per heavy atom. The molecule has 21 heavy (non-hydrogen) atoms. The van der Waals surface area contributed by atoms with Crippen LogP contribution in [0.3, 0.4) is 0 Å². The Bertz CT molecular complexity index is 450. The summed E-state index contributed by atoms with van der Waals surface area (Å²) in [5, 5.41) is 16.8. The number of carbonyl (C=O) groups excluding carboxylic acids is 1. The number of nitrogens with zero attached hydrogens (tertiary/aromatic N) is 2. The maximum Gasteiger partial charge on any atom is 0.271 e. The Morgan fingerprint density at radius 2 is 2.14 bits per heavy atom. The van der Waals surface area contributed by atoms with Gasteiger partial charge in [0.2, 0.25) is 0 Å². The van der Waals surface area contributed by atoms with Crippen LogP contribution in [-0.2, 0) is 0 Å². The molecule has 2 rings (SSSR count). The zero-order valence-electron chi connectivity index (χ0n) is 13.1. The molecule has 1 aromatic heterocycles. The van der Waals surface area contributed by atoms with Gasteiger partial charge in [0.05, 0.1) is 0 Å².